The van der Waals surface area contributed by atoms with Crippen molar-refractivity contribution in [2.45, 2.75) is 116 Å². The smallest absolute Gasteiger partial charge is 0.324 e. The number of cyclic esters (lactones) is 1. The molecule has 4 aliphatic rings. The largest absolute Gasteiger partial charge is 0.464 e. The van der Waals surface area contributed by atoms with E-state index in [9.17, 15) is 24.0 Å². The van der Waals surface area contributed by atoms with Gasteiger partial charge in [0, 0.05) is 86.9 Å². The highest BCUT2D eigenvalue weighted by Crippen LogP contribution is 2.42. The van der Waals surface area contributed by atoms with Crippen LogP contribution in [0.3, 0.4) is 0 Å². The molecule has 18 nitrogen and oxygen atoms in total. The number of piperidine rings is 1. The maximum Gasteiger partial charge on any atom is 0.324 e. The fourth-order valence-corrected chi connectivity index (χ4v) is 11.2. The summed E-state index contributed by atoms with van der Waals surface area (Å²) in [4.78, 5) is 84.6. The number of rotatable bonds is 9. The average Bonchev–Trinajstić information content (AvgIpc) is 3.95. The molecule has 4 atom stereocenters. The van der Waals surface area contributed by atoms with E-state index < -0.39 is 46.9 Å². The minimum absolute atomic E-state index is 0.0457. The predicted octanol–water partition coefficient (Wildman–Crippen LogP) is 5.55. The van der Waals surface area contributed by atoms with Crippen molar-refractivity contribution < 1.29 is 38.2 Å². The Labute approximate surface area is 414 Å². The minimum atomic E-state index is -1.15. The van der Waals surface area contributed by atoms with Gasteiger partial charge in [-0.3, -0.25) is 29.2 Å². The second-order valence-corrected chi connectivity index (χ2v) is 21.0. The van der Waals surface area contributed by atoms with Crippen LogP contribution in [0, 0.1) is 11.3 Å². The number of likely N-dealkylation sites (N-methyl/N-ethyl adjacent to an activating group) is 1. The third-order valence-corrected chi connectivity index (χ3v) is 15.1. The molecule has 1 spiro atoms. The number of morpholine rings is 1. The highest BCUT2D eigenvalue weighted by Gasteiger charge is 2.44. The lowest BCUT2D eigenvalue weighted by atomic mass is 9.84. The van der Waals surface area contributed by atoms with E-state index in [-0.39, 0.29) is 37.0 Å². The minimum Gasteiger partial charge on any atom is -0.464 e. The summed E-state index contributed by atoms with van der Waals surface area (Å²) in [5.41, 5.74) is 7.81. The van der Waals surface area contributed by atoms with Gasteiger partial charge < -0.3 is 38.8 Å². The number of benzene rings is 1. The fourth-order valence-electron chi connectivity index (χ4n) is 10.6. The summed E-state index contributed by atoms with van der Waals surface area (Å²) >= 11 is 1.22. The molecule has 4 aromatic rings. The molecule has 2 N–H and O–H groups in total. The topological polar surface area (TPSA) is 194 Å². The summed E-state index contributed by atoms with van der Waals surface area (Å²) in [5.74, 6) is -1.56. The number of carbonyl (C=O) groups excluding carboxylic acids is 5. The number of amides is 5. The number of fused-ring (bicyclic) bond motifs is 6. The lowest BCUT2D eigenvalue weighted by molar-refractivity contribution is -0.155. The van der Waals surface area contributed by atoms with Gasteiger partial charge in [0.25, 0.3) is 5.91 Å². The number of aryl methyl sites for hydroxylation is 1. The van der Waals surface area contributed by atoms with Gasteiger partial charge in [-0.25, -0.2) is 15.2 Å². The molecule has 0 radical (unpaired) electrons. The Kier molecular flexibility index (Phi) is 15.1. The third-order valence-electron chi connectivity index (χ3n) is 14.3. The number of hydrogen-bond acceptors (Lipinski definition) is 13. The zero-order valence-corrected chi connectivity index (χ0v) is 42.6. The van der Waals surface area contributed by atoms with Gasteiger partial charge in [-0.2, -0.15) is 4.37 Å². The average molecular weight is 981 g/mol. The molecular weight excluding hydrogens is 913 g/mol. The molecule has 0 aliphatic carbocycles. The van der Waals surface area contributed by atoms with Crippen LogP contribution in [0.2, 0.25) is 0 Å². The molecule has 4 aliphatic heterocycles. The zero-order chi connectivity index (χ0) is 50.1. The number of urea groups is 1. The number of nitrogens with one attached hydrogen (secondary N) is 2. The van der Waals surface area contributed by atoms with Gasteiger partial charge in [0.05, 0.1) is 42.9 Å². The number of hydrogen-bond donors (Lipinski definition) is 2. The molecule has 7 heterocycles. The van der Waals surface area contributed by atoms with Crippen LogP contribution in [-0.2, 0) is 52.8 Å². The van der Waals surface area contributed by atoms with Gasteiger partial charge in [0.15, 0.2) is 0 Å². The fraction of sp³-hybridized carbons (Fsp3) is 0.569. The molecular formula is C51H68N10O8S. The van der Waals surface area contributed by atoms with E-state index in [0.717, 1.165) is 39.0 Å². The molecule has 6 bridgehead atoms. The van der Waals surface area contributed by atoms with Gasteiger partial charge in [0.2, 0.25) is 11.8 Å². The lowest BCUT2D eigenvalue weighted by Crippen LogP contribution is -2.63. The predicted molar refractivity (Wildman–Crippen MR) is 265 cm³/mol. The van der Waals surface area contributed by atoms with Gasteiger partial charge >= 0.3 is 12.0 Å². The third kappa shape index (κ3) is 10.3. The van der Waals surface area contributed by atoms with Crippen LogP contribution >= 0.6 is 11.5 Å². The van der Waals surface area contributed by atoms with Crippen LogP contribution in [0.25, 0.3) is 32.7 Å². The van der Waals surface area contributed by atoms with E-state index in [2.05, 4.69) is 60.9 Å². The molecule has 0 saturated carbocycles. The Balaban J connectivity index is 1.10. The summed E-state index contributed by atoms with van der Waals surface area (Å²) < 4.78 is 25.2. The van der Waals surface area contributed by atoms with E-state index >= 15 is 0 Å². The van der Waals surface area contributed by atoms with Gasteiger partial charge in [0.1, 0.15) is 29.0 Å². The van der Waals surface area contributed by atoms with Gasteiger partial charge in [-0.15, -0.1) is 0 Å². The van der Waals surface area contributed by atoms with E-state index in [4.69, 9.17) is 28.6 Å². The van der Waals surface area contributed by atoms with Crippen molar-refractivity contribution in [1.29, 1.82) is 0 Å². The number of pyridine rings is 1. The van der Waals surface area contributed by atoms with Crippen molar-refractivity contribution in [2.24, 2.45) is 11.3 Å². The van der Waals surface area contributed by atoms with Crippen LogP contribution in [-0.4, -0.2) is 152 Å². The van der Waals surface area contributed by atoms with Crippen molar-refractivity contribution in [3.8, 4) is 21.8 Å². The molecule has 376 valence electrons. The van der Waals surface area contributed by atoms with Crippen LogP contribution in [0.5, 0.6) is 0 Å². The summed E-state index contributed by atoms with van der Waals surface area (Å²) in [6, 6.07) is 7.07. The van der Waals surface area contributed by atoms with Crippen molar-refractivity contribution in [2.75, 3.05) is 60.1 Å². The quantitative estimate of drug-likeness (QED) is 0.157. The Morgan fingerprint density at radius 1 is 1.10 bits per heavy atom. The molecule has 3 aromatic heterocycles. The standard InChI is InChI=1S/C51H68N10O8S/c1-10-41(62)59-24-25-69-51(29-59)18-22-58(23-19-51)49(66)57(8)43(31(3)4)45(63)53-38-27-40-54-46(70-56-40)33-16-17-39-35(26-33)36(44(60(39)11-2)34-14-12-20-52-42(34)32(5)67-9)28-50(6,7)30-68-48(65)37-15-13-21-61(55-37)47(38)64/h10,12,14,16-17,20,26,31-32,37-38,43,55H,1,11,13,15,18-19,21-25,27-30H2,2-9H3,(H,53,63)/t32-,37-,38-,43-/m0/s1. The number of methoxy groups -OCH3 is 1. The second kappa shape index (κ2) is 20.9. The number of hydrazine groups is 1. The number of aromatic nitrogens is 4. The number of nitrogens with zero attached hydrogens (tertiary/aromatic N) is 8. The number of carbonyl (C=O) groups is 5. The van der Waals surface area contributed by atoms with E-state index in [1.807, 2.05) is 32.9 Å². The SMILES string of the molecule is C=CC(=O)N1CCOC2(CCN(C(=O)N(C)[C@H](C(=O)N[C@H]3Cc4nsc(n4)-c4ccc5c(c4)c(c(-c4cccnc4[C@H](C)OC)n5CC)CC(C)(C)COC(=O)[C@@H]4CCCN(N4)C3=O)C(C)C)CC2)C1. The number of esters is 1. The first-order valence-electron chi connectivity index (χ1n) is 24.5. The van der Waals surface area contributed by atoms with Gasteiger partial charge in [-0.05, 0) is 105 Å². The van der Waals surface area contributed by atoms with Crippen molar-refractivity contribution in [3.05, 3.63) is 66.3 Å². The highest BCUT2D eigenvalue weighted by atomic mass is 32.1. The molecule has 3 fully saturated rings. The van der Waals surface area contributed by atoms with Crippen molar-refractivity contribution in [1.82, 2.24) is 49.4 Å². The maximum absolute atomic E-state index is 14.7. The first-order valence-corrected chi connectivity index (χ1v) is 25.3. The van der Waals surface area contributed by atoms with E-state index in [1.165, 1.54) is 27.5 Å². The number of ether oxygens (including phenoxy) is 3. The molecule has 5 amide bonds. The molecule has 3 saturated heterocycles. The molecule has 1 aromatic carbocycles. The first kappa shape index (κ1) is 50.6. The Bertz CT molecular complexity index is 2620. The van der Waals surface area contributed by atoms with E-state index in [0.29, 0.717) is 88.8 Å². The second-order valence-electron chi connectivity index (χ2n) is 20.2. The molecule has 8 rings (SSSR count). The molecule has 0 unspecified atom stereocenters. The summed E-state index contributed by atoms with van der Waals surface area (Å²) in [5, 5.41) is 6.08. The van der Waals surface area contributed by atoms with E-state index in [1.54, 1.807) is 30.2 Å². The first-order chi connectivity index (χ1) is 33.5. The van der Waals surface area contributed by atoms with Crippen LogP contribution < -0.4 is 10.7 Å². The zero-order valence-electron chi connectivity index (χ0n) is 41.8. The Morgan fingerprint density at radius 2 is 1.87 bits per heavy atom. The maximum atomic E-state index is 14.7. The van der Waals surface area contributed by atoms with Crippen molar-refractivity contribution >= 4 is 52.2 Å². The summed E-state index contributed by atoms with van der Waals surface area (Å²) in [6.07, 6.45) is 5.37. The van der Waals surface area contributed by atoms with Gasteiger partial charge in [-0.1, -0.05) is 34.3 Å². The summed E-state index contributed by atoms with van der Waals surface area (Å²) in [7, 11) is 3.29. The molecule has 19 heteroatoms. The van der Waals surface area contributed by atoms with Crippen LogP contribution in [0.4, 0.5) is 4.79 Å². The van der Waals surface area contributed by atoms with Crippen LogP contribution in [0.15, 0.2) is 49.2 Å². The monoisotopic (exact) mass is 980 g/mol. The highest BCUT2D eigenvalue weighted by molar-refractivity contribution is 7.09. The normalized spacial score (nSPS) is 21.5. The lowest BCUT2D eigenvalue weighted by Gasteiger charge is -2.47. The summed E-state index contributed by atoms with van der Waals surface area (Å²) in [6.45, 7) is 18.8. The van der Waals surface area contributed by atoms with Crippen LogP contribution in [0.1, 0.15) is 90.4 Å². The van der Waals surface area contributed by atoms with Crippen molar-refractivity contribution in [3.63, 3.8) is 0 Å². The molecule has 70 heavy (non-hydrogen) atoms. The Hall–Kier alpha value is -5.76. The Morgan fingerprint density at radius 3 is 2.59 bits per heavy atom. The number of likely N-dealkylation sites (tertiary alicyclic amines) is 1.